The van der Waals surface area contributed by atoms with Gasteiger partial charge < -0.3 is 15.0 Å². The number of halogens is 2. The van der Waals surface area contributed by atoms with E-state index in [9.17, 15) is 18.4 Å². The Balaban J connectivity index is 1.77. The van der Waals surface area contributed by atoms with Gasteiger partial charge in [-0.3, -0.25) is 4.79 Å². The topological polar surface area (TPSA) is 58.6 Å². The predicted molar refractivity (Wildman–Crippen MR) is 93.6 cm³/mol. The summed E-state index contributed by atoms with van der Waals surface area (Å²) in [5.74, 6) is -1.17. The van der Waals surface area contributed by atoms with E-state index in [-0.39, 0.29) is 36.4 Å². The first-order valence-corrected chi connectivity index (χ1v) is 9.12. The summed E-state index contributed by atoms with van der Waals surface area (Å²) in [4.78, 5) is 25.2. The molecular weight excluding hydrogens is 342 g/mol. The number of benzene rings is 1. The molecule has 1 heterocycles. The summed E-state index contributed by atoms with van der Waals surface area (Å²) in [6, 6.07) is 3.68. The molecule has 26 heavy (non-hydrogen) atoms. The second-order valence-corrected chi connectivity index (χ2v) is 6.48. The summed E-state index contributed by atoms with van der Waals surface area (Å²) in [5.41, 5.74) is 0.114. The summed E-state index contributed by atoms with van der Waals surface area (Å²) in [6.45, 7) is 3.50. The van der Waals surface area contributed by atoms with Crippen molar-refractivity contribution >= 4 is 12.0 Å². The Hall–Kier alpha value is -2.18. The van der Waals surface area contributed by atoms with Crippen molar-refractivity contribution in [3.05, 3.63) is 35.4 Å². The number of amides is 2. The van der Waals surface area contributed by atoms with Gasteiger partial charge >= 0.3 is 12.0 Å². The largest absolute Gasteiger partial charge is 0.466 e. The lowest BCUT2D eigenvalue weighted by Crippen LogP contribution is -2.46. The van der Waals surface area contributed by atoms with E-state index >= 15 is 0 Å². The van der Waals surface area contributed by atoms with Crippen LogP contribution in [0.1, 0.15) is 38.2 Å². The number of carbonyl (C=O) groups is 2. The van der Waals surface area contributed by atoms with Crippen molar-refractivity contribution in [1.82, 2.24) is 10.2 Å². The van der Waals surface area contributed by atoms with E-state index in [1.165, 1.54) is 18.2 Å². The van der Waals surface area contributed by atoms with Crippen LogP contribution >= 0.6 is 0 Å². The third-order valence-electron chi connectivity index (χ3n) is 4.58. The number of hydrogen-bond donors (Lipinski definition) is 1. The molecule has 1 saturated heterocycles. The lowest BCUT2D eigenvalue weighted by molar-refractivity contribution is -0.142. The number of rotatable bonds is 7. The maximum absolute atomic E-state index is 13.7. The van der Waals surface area contributed by atoms with Gasteiger partial charge in [-0.1, -0.05) is 6.07 Å². The van der Waals surface area contributed by atoms with Crippen LogP contribution in [0.4, 0.5) is 13.6 Å². The van der Waals surface area contributed by atoms with Gasteiger partial charge in [0.1, 0.15) is 11.6 Å². The molecule has 5 nitrogen and oxygen atoms in total. The maximum Gasteiger partial charge on any atom is 0.317 e. The lowest BCUT2D eigenvalue weighted by Gasteiger charge is -2.33. The summed E-state index contributed by atoms with van der Waals surface area (Å²) >= 11 is 0. The third kappa shape index (κ3) is 5.97. The molecule has 2 rings (SSSR count). The fourth-order valence-electron chi connectivity index (χ4n) is 3.22. The number of likely N-dealkylation sites (tertiary alicyclic amines) is 1. The molecular formula is C19H26F2N2O3. The average Bonchev–Trinajstić information content (AvgIpc) is 2.61. The van der Waals surface area contributed by atoms with Gasteiger partial charge in [0.2, 0.25) is 0 Å². The molecule has 2 amide bonds. The molecule has 1 unspecified atom stereocenters. The van der Waals surface area contributed by atoms with Crippen molar-refractivity contribution in [3.63, 3.8) is 0 Å². The highest BCUT2D eigenvalue weighted by Crippen LogP contribution is 2.23. The summed E-state index contributed by atoms with van der Waals surface area (Å²) in [7, 11) is 0. The van der Waals surface area contributed by atoms with Crippen molar-refractivity contribution < 1.29 is 23.1 Å². The van der Waals surface area contributed by atoms with Crippen LogP contribution in [0.3, 0.4) is 0 Å². The van der Waals surface area contributed by atoms with Crippen LogP contribution in [0.5, 0.6) is 0 Å². The number of urea groups is 1. The van der Waals surface area contributed by atoms with Gasteiger partial charge in [-0.25, -0.2) is 13.6 Å². The van der Waals surface area contributed by atoms with Gasteiger partial charge in [0.15, 0.2) is 0 Å². The Morgan fingerprint density at radius 1 is 1.31 bits per heavy atom. The molecule has 1 fully saturated rings. The Bertz CT molecular complexity index is 605. The van der Waals surface area contributed by atoms with E-state index in [2.05, 4.69) is 5.32 Å². The molecule has 0 spiro atoms. The van der Waals surface area contributed by atoms with Crippen LogP contribution in [0.15, 0.2) is 18.2 Å². The standard InChI is InChI=1S/C19H26F2N2O3/c1-2-26-18(24)10-11-22-19(25)23-12-4-5-14(13-23)8-9-15-16(20)6-3-7-17(15)21/h3,6-7,14H,2,4-5,8-13H2,1H3,(H,22,25). The molecule has 0 aromatic heterocycles. The zero-order chi connectivity index (χ0) is 18.9. The maximum atomic E-state index is 13.7. The molecule has 1 N–H and O–H groups in total. The highest BCUT2D eigenvalue weighted by Gasteiger charge is 2.24. The minimum absolute atomic E-state index is 0.114. The van der Waals surface area contributed by atoms with E-state index in [4.69, 9.17) is 4.74 Å². The number of nitrogens with one attached hydrogen (secondary N) is 1. The molecule has 1 aromatic carbocycles. The van der Waals surface area contributed by atoms with Crippen LogP contribution in [0.25, 0.3) is 0 Å². The fourth-order valence-corrected chi connectivity index (χ4v) is 3.22. The molecule has 1 aromatic rings. The monoisotopic (exact) mass is 368 g/mol. The molecule has 0 bridgehead atoms. The molecule has 1 atom stereocenters. The first kappa shape index (κ1) is 20.1. The molecule has 0 radical (unpaired) electrons. The van der Waals surface area contributed by atoms with Gasteiger partial charge in [-0.2, -0.15) is 0 Å². The van der Waals surface area contributed by atoms with E-state index in [1.807, 2.05) is 0 Å². The second-order valence-electron chi connectivity index (χ2n) is 6.48. The number of nitrogens with zero attached hydrogens (tertiary/aromatic N) is 1. The molecule has 144 valence electrons. The quantitative estimate of drug-likeness (QED) is 0.752. The van der Waals surface area contributed by atoms with Crippen molar-refractivity contribution in [1.29, 1.82) is 0 Å². The van der Waals surface area contributed by atoms with Gasteiger partial charge in [-0.15, -0.1) is 0 Å². The molecule has 1 aliphatic heterocycles. The van der Waals surface area contributed by atoms with Crippen LogP contribution in [-0.2, 0) is 16.0 Å². The van der Waals surface area contributed by atoms with Gasteiger partial charge in [-0.05, 0) is 50.7 Å². The van der Waals surface area contributed by atoms with Gasteiger partial charge in [0.05, 0.1) is 13.0 Å². The summed E-state index contributed by atoms with van der Waals surface area (Å²) in [6.07, 6.45) is 2.88. The van der Waals surface area contributed by atoms with Crippen LogP contribution in [0, 0.1) is 17.6 Å². The minimum Gasteiger partial charge on any atom is -0.466 e. The number of ether oxygens (including phenoxy) is 1. The average molecular weight is 368 g/mol. The summed E-state index contributed by atoms with van der Waals surface area (Å²) < 4.78 is 32.2. The minimum atomic E-state index is -0.519. The third-order valence-corrected chi connectivity index (χ3v) is 4.58. The van der Waals surface area contributed by atoms with Crippen LogP contribution < -0.4 is 5.32 Å². The highest BCUT2D eigenvalue weighted by molar-refractivity contribution is 5.75. The smallest absolute Gasteiger partial charge is 0.317 e. The second kappa shape index (κ2) is 10.1. The first-order valence-electron chi connectivity index (χ1n) is 9.12. The lowest BCUT2D eigenvalue weighted by atomic mass is 9.91. The predicted octanol–water partition coefficient (Wildman–Crippen LogP) is 3.27. The van der Waals surface area contributed by atoms with E-state index in [1.54, 1.807) is 11.8 Å². The zero-order valence-electron chi connectivity index (χ0n) is 15.1. The van der Waals surface area contributed by atoms with E-state index in [0.29, 0.717) is 32.5 Å². The number of hydrogen-bond acceptors (Lipinski definition) is 3. The van der Waals surface area contributed by atoms with Crippen molar-refractivity contribution in [2.24, 2.45) is 5.92 Å². The number of piperidine rings is 1. The van der Waals surface area contributed by atoms with Crippen molar-refractivity contribution in [2.75, 3.05) is 26.2 Å². The Morgan fingerprint density at radius 2 is 2.04 bits per heavy atom. The Kier molecular flexibility index (Phi) is 7.81. The van der Waals surface area contributed by atoms with Crippen molar-refractivity contribution in [3.8, 4) is 0 Å². The Morgan fingerprint density at radius 3 is 2.73 bits per heavy atom. The first-order chi connectivity index (χ1) is 12.5. The number of carbonyl (C=O) groups excluding carboxylic acids is 2. The molecule has 1 aliphatic rings. The zero-order valence-corrected chi connectivity index (χ0v) is 15.1. The van der Waals surface area contributed by atoms with Gasteiger partial charge in [0, 0.05) is 25.2 Å². The SMILES string of the molecule is CCOC(=O)CCNC(=O)N1CCCC(CCc2c(F)cccc2F)C1. The molecule has 0 saturated carbocycles. The normalized spacial score (nSPS) is 17.0. The number of esters is 1. The van der Waals surface area contributed by atoms with Crippen LogP contribution in [0.2, 0.25) is 0 Å². The molecule has 0 aliphatic carbocycles. The van der Waals surface area contributed by atoms with Crippen LogP contribution in [-0.4, -0.2) is 43.1 Å². The summed E-state index contributed by atoms with van der Waals surface area (Å²) in [5, 5.41) is 2.72. The van der Waals surface area contributed by atoms with E-state index < -0.39 is 11.6 Å². The Labute approximate surface area is 152 Å². The van der Waals surface area contributed by atoms with Gasteiger partial charge in [0.25, 0.3) is 0 Å². The highest BCUT2D eigenvalue weighted by atomic mass is 19.1. The van der Waals surface area contributed by atoms with Crippen molar-refractivity contribution in [2.45, 2.75) is 39.0 Å². The molecule has 7 heteroatoms. The van der Waals surface area contributed by atoms with E-state index in [0.717, 1.165) is 12.8 Å². The fraction of sp³-hybridized carbons (Fsp3) is 0.579.